The molecule has 7 nitrogen and oxygen atoms in total. The molecule has 28 heavy (non-hydrogen) atoms. The minimum absolute atomic E-state index is 0.0194. The van der Waals surface area contributed by atoms with Gasteiger partial charge in [-0.15, -0.1) is 0 Å². The predicted molar refractivity (Wildman–Crippen MR) is 102 cm³/mol. The van der Waals surface area contributed by atoms with Crippen LogP contribution in [0, 0.1) is 5.82 Å². The number of carbonyl (C=O) groups is 2. The third-order valence-electron chi connectivity index (χ3n) is 4.84. The van der Waals surface area contributed by atoms with E-state index in [1.807, 2.05) is 0 Å². The number of piperazine rings is 1. The number of nitrogens with zero attached hydrogens (tertiary/aromatic N) is 4. The lowest BCUT2D eigenvalue weighted by molar-refractivity contribution is -0.138. The van der Waals surface area contributed by atoms with E-state index in [9.17, 15) is 18.8 Å². The molecule has 0 saturated carbocycles. The molecule has 0 N–H and O–H groups in total. The summed E-state index contributed by atoms with van der Waals surface area (Å²) < 4.78 is 14.4. The van der Waals surface area contributed by atoms with E-state index < -0.39 is 0 Å². The first-order valence-electron chi connectivity index (χ1n) is 9.31. The van der Waals surface area contributed by atoms with E-state index in [1.165, 1.54) is 29.8 Å². The van der Waals surface area contributed by atoms with Crippen molar-refractivity contribution in [1.29, 1.82) is 0 Å². The van der Waals surface area contributed by atoms with E-state index in [4.69, 9.17) is 0 Å². The fourth-order valence-electron chi connectivity index (χ4n) is 3.19. The average Bonchev–Trinajstić information content (AvgIpc) is 2.70. The van der Waals surface area contributed by atoms with Crippen LogP contribution in [0.4, 0.5) is 4.39 Å². The summed E-state index contributed by atoms with van der Waals surface area (Å²) in [5.74, 6) is -0.288. The summed E-state index contributed by atoms with van der Waals surface area (Å²) in [6, 6.07) is 8.93. The van der Waals surface area contributed by atoms with Crippen molar-refractivity contribution < 1.29 is 14.0 Å². The van der Waals surface area contributed by atoms with E-state index >= 15 is 0 Å². The highest BCUT2D eigenvalue weighted by atomic mass is 19.1. The van der Waals surface area contributed by atoms with Crippen LogP contribution in [0.3, 0.4) is 0 Å². The molecule has 1 saturated heterocycles. The van der Waals surface area contributed by atoms with Crippen LogP contribution in [0.25, 0.3) is 11.3 Å². The van der Waals surface area contributed by atoms with Gasteiger partial charge in [-0.3, -0.25) is 14.4 Å². The number of benzene rings is 1. The zero-order chi connectivity index (χ0) is 20.1. The zero-order valence-corrected chi connectivity index (χ0v) is 15.8. The van der Waals surface area contributed by atoms with Gasteiger partial charge in [0.25, 0.3) is 5.56 Å². The Kier molecular flexibility index (Phi) is 6.18. The molecule has 8 heteroatoms. The van der Waals surface area contributed by atoms with E-state index in [-0.39, 0.29) is 23.2 Å². The van der Waals surface area contributed by atoms with Crippen LogP contribution < -0.4 is 5.56 Å². The Labute approximate surface area is 162 Å². The van der Waals surface area contributed by atoms with Gasteiger partial charge in [-0.2, -0.15) is 5.10 Å². The molecular formula is C20H23FN4O3. The van der Waals surface area contributed by atoms with Crippen molar-refractivity contribution in [3.05, 3.63) is 52.6 Å². The second kappa shape index (κ2) is 8.77. The molecule has 1 aromatic heterocycles. The topological polar surface area (TPSA) is 75.5 Å². The predicted octanol–water partition coefficient (Wildman–Crippen LogP) is 1.52. The van der Waals surface area contributed by atoms with Crippen molar-refractivity contribution in [2.24, 2.45) is 0 Å². The molecule has 0 radical (unpaired) electrons. The summed E-state index contributed by atoms with van der Waals surface area (Å²) in [6.45, 7) is 4.05. The molecular weight excluding hydrogens is 363 g/mol. The normalized spacial score (nSPS) is 14.2. The molecule has 148 valence electrons. The zero-order valence-electron chi connectivity index (χ0n) is 15.8. The number of rotatable bonds is 5. The molecule has 2 heterocycles. The lowest BCUT2D eigenvalue weighted by Gasteiger charge is -2.34. The quantitative estimate of drug-likeness (QED) is 0.781. The highest BCUT2D eigenvalue weighted by Gasteiger charge is 2.21. The Morgan fingerprint density at radius 2 is 1.64 bits per heavy atom. The van der Waals surface area contributed by atoms with Crippen LogP contribution in [-0.2, 0) is 16.1 Å². The molecule has 0 bridgehead atoms. The van der Waals surface area contributed by atoms with Crippen LogP contribution in [-0.4, -0.2) is 57.6 Å². The van der Waals surface area contributed by atoms with Crippen molar-refractivity contribution in [3.63, 3.8) is 0 Å². The van der Waals surface area contributed by atoms with Gasteiger partial charge in [0, 0.05) is 57.7 Å². The van der Waals surface area contributed by atoms with Gasteiger partial charge in [-0.25, -0.2) is 9.07 Å². The highest BCUT2D eigenvalue weighted by Crippen LogP contribution is 2.15. The van der Waals surface area contributed by atoms with Gasteiger partial charge >= 0.3 is 0 Å². The maximum Gasteiger partial charge on any atom is 0.266 e. The summed E-state index contributed by atoms with van der Waals surface area (Å²) in [7, 11) is 0. The molecule has 1 aromatic carbocycles. The number of hydrogen-bond donors (Lipinski definition) is 0. The van der Waals surface area contributed by atoms with Gasteiger partial charge in [-0.1, -0.05) is 0 Å². The maximum absolute atomic E-state index is 13.1. The van der Waals surface area contributed by atoms with Crippen LogP contribution in [0.1, 0.15) is 19.8 Å². The van der Waals surface area contributed by atoms with Gasteiger partial charge in [-0.05, 0) is 36.8 Å². The van der Waals surface area contributed by atoms with E-state index in [0.29, 0.717) is 51.3 Å². The largest absolute Gasteiger partial charge is 0.339 e. The van der Waals surface area contributed by atoms with E-state index in [2.05, 4.69) is 5.10 Å². The van der Waals surface area contributed by atoms with Crippen molar-refractivity contribution in [1.82, 2.24) is 19.6 Å². The minimum atomic E-state index is -0.334. The Morgan fingerprint density at radius 1 is 1.00 bits per heavy atom. The third kappa shape index (κ3) is 4.82. The van der Waals surface area contributed by atoms with Crippen LogP contribution in [0.15, 0.2) is 41.2 Å². The lowest BCUT2D eigenvalue weighted by atomic mass is 10.1. The number of carbonyl (C=O) groups excluding carboxylic acids is 2. The van der Waals surface area contributed by atoms with Gasteiger partial charge in [0.15, 0.2) is 0 Å². The van der Waals surface area contributed by atoms with Crippen molar-refractivity contribution in [2.45, 2.75) is 26.3 Å². The summed E-state index contributed by atoms with van der Waals surface area (Å²) in [6.07, 6.45) is 0.806. The van der Waals surface area contributed by atoms with Crippen LogP contribution >= 0.6 is 0 Å². The van der Waals surface area contributed by atoms with E-state index in [1.54, 1.807) is 28.0 Å². The van der Waals surface area contributed by atoms with Gasteiger partial charge in [0.05, 0.1) is 5.69 Å². The van der Waals surface area contributed by atoms with E-state index in [0.717, 1.165) is 5.56 Å². The monoisotopic (exact) mass is 386 g/mol. The minimum Gasteiger partial charge on any atom is -0.339 e. The molecule has 1 aliphatic heterocycles. The van der Waals surface area contributed by atoms with Crippen LogP contribution in [0.2, 0.25) is 0 Å². The van der Waals surface area contributed by atoms with Gasteiger partial charge < -0.3 is 9.80 Å². The SMILES string of the molecule is CC(=O)N1CCN(C(=O)CCCn2nc(-c3ccc(F)cc3)ccc2=O)CC1. The van der Waals surface area contributed by atoms with Crippen LogP contribution in [0.5, 0.6) is 0 Å². The first-order chi connectivity index (χ1) is 13.4. The third-order valence-corrected chi connectivity index (χ3v) is 4.84. The smallest absolute Gasteiger partial charge is 0.266 e. The summed E-state index contributed by atoms with van der Waals surface area (Å²) in [4.78, 5) is 39.2. The Morgan fingerprint density at radius 3 is 2.29 bits per heavy atom. The van der Waals surface area contributed by atoms with Gasteiger partial charge in [0.1, 0.15) is 5.82 Å². The highest BCUT2D eigenvalue weighted by molar-refractivity contribution is 5.77. The summed E-state index contributed by atoms with van der Waals surface area (Å²) >= 11 is 0. The second-order valence-electron chi connectivity index (χ2n) is 6.78. The number of aryl methyl sites for hydroxylation is 1. The second-order valence-corrected chi connectivity index (χ2v) is 6.78. The van der Waals surface area contributed by atoms with Crippen molar-refractivity contribution in [2.75, 3.05) is 26.2 Å². The summed E-state index contributed by atoms with van der Waals surface area (Å²) in [5.41, 5.74) is 1.05. The Balaban J connectivity index is 1.55. The molecule has 0 aliphatic carbocycles. The molecule has 1 aliphatic rings. The first-order valence-corrected chi connectivity index (χ1v) is 9.31. The molecule has 3 rings (SSSR count). The fraction of sp³-hybridized carbons (Fsp3) is 0.400. The average molecular weight is 386 g/mol. The number of hydrogen-bond acceptors (Lipinski definition) is 4. The molecule has 0 unspecified atom stereocenters. The molecule has 1 fully saturated rings. The Hall–Kier alpha value is -3.03. The Bertz CT molecular complexity index is 902. The molecule has 0 atom stereocenters. The number of amides is 2. The fourth-order valence-corrected chi connectivity index (χ4v) is 3.19. The lowest BCUT2D eigenvalue weighted by Crippen LogP contribution is -2.50. The first kappa shape index (κ1) is 19.7. The summed E-state index contributed by atoms with van der Waals surface area (Å²) in [5, 5.41) is 4.32. The number of aromatic nitrogens is 2. The number of halogens is 1. The molecule has 2 aromatic rings. The van der Waals surface area contributed by atoms with Gasteiger partial charge in [0.2, 0.25) is 11.8 Å². The maximum atomic E-state index is 13.1. The van der Waals surface area contributed by atoms with Crippen molar-refractivity contribution in [3.8, 4) is 11.3 Å². The molecule has 2 amide bonds. The standard InChI is InChI=1S/C20H23FN4O3/c1-15(26)23-11-13-24(14-12-23)19(27)3-2-10-25-20(28)9-8-18(22-25)16-4-6-17(21)7-5-16/h4-9H,2-3,10-14H2,1H3. The van der Waals surface area contributed by atoms with Crippen molar-refractivity contribution >= 4 is 11.8 Å². The molecule has 0 spiro atoms.